The lowest BCUT2D eigenvalue weighted by Gasteiger charge is -2.24. The van der Waals surface area contributed by atoms with E-state index in [4.69, 9.17) is 34.9 Å². The molecule has 4 aromatic rings. The van der Waals surface area contributed by atoms with Crippen LogP contribution in [-0.4, -0.2) is 110 Å². The minimum atomic E-state index is -4.75. The van der Waals surface area contributed by atoms with Gasteiger partial charge in [0.25, 0.3) is 11.1 Å². The molecule has 2 saturated heterocycles. The van der Waals surface area contributed by atoms with Gasteiger partial charge in [0.05, 0.1) is 12.7 Å². The molecule has 0 aliphatic carbocycles. The molecule has 2 aliphatic rings. The summed E-state index contributed by atoms with van der Waals surface area (Å²) in [7, 11) is -3.55. The summed E-state index contributed by atoms with van der Waals surface area (Å²) in [5.41, 5.74) is 9.60. The molecule has 6 heterocycles. The lowest BCUT2D eigenvalue weighted by molar-refractivity contribution is -0.171. The van der Waals surface area contributed by atoms with E-state index in [1.54, 1.807) is 0 Å². The highest BCUT2D eigenvalue weighted by atomic mass is 31.2. The zero-order valence-electron chi connectivity index (χ0n) is 21.8. The molecule has 1 unspecified atom stereocenters. The van der Waals surface area contributed by atoms with Gasteiger partial charge in [0, 0.05) is 7.11 Å². The summed E-state index contributed by atoms with van der Waals surface area (Å²) >= 11 is 0. The van der Waals surface area contributed by atoms with Crippen molar-refractivity contribution in [3.63, 3.8) is 0 Å². The highest BCUT2D eigenvalue weighted by Crippen LogP contribution is 2.48. The number of aromatic amines is 2. The molecular formula is C20H25N10O12P. The van der Waals surface area contributed by atoms with Crippen molar-refractivity contribution in [1.82, 2.24) is 39.0 Å². The third-order valence-electron chi connectivity index (χ3n) is 6.74. The molecule has 0 spiro atoms. The van der Waals surface area contributed by atoms with Crippen LogP contribution in [-0.2, 0) is 28.0 Å². The number of nitrogens with zero attached hydrogens (tertiary/aromatic N) is 6. The van der Waals surface area contributed by atoms with Crippen LogP contribution in [0.5, 0.6) is 0 Å². The van der Waals surface area contributed by atoms with Crippen LogP contribution in [0.4, 0.5) is 11.9 Å². The van der Waals surface area contributed by atoms with Crippen LogP contribution < -0.4 is 22.6 Å². The molecule has 2 fully saturated rings. The van der Waals surface area contributed by atoms with Crippen LogP contribution in [0.3, 0.4) is 0 Å². The van der Waals surface area contributed by atoms with Gasteiger partial charge in [-0.25, -0.2) is 9.97 Å². The minimum Gasteiger partial charge on any atom is -0.385 e. The lowest BCUT2D eigenvalue weighted by atomic mass is 10.2. The van der Waals surface area contributed by atoms with E-state index >= 15 is 0 Å². The second-order valence-electron chi connectivity index (χ2n) is 9.55. The van der Waals surface area contributed by atoms with Crippen LogP contribution in [0.25, 0.3) is 22.3 Å². The predicted octanol–water partition coefficient (Wildman–Crippen LogP) is -3.60. The summed E-state index contributed by atoms with van der Waals surface area (Å²) in [6.45, 7) is 0. The highest BCUT2D eigenvalue weighted by Gasteiger charge is 2.50. The average Bonchev–Trinajstić information content (AvgIpc) is 3.69. The van der Waals surface area contributed by atoms with Gasteiger partial charge >= 0.3 is 7.60 Å². The summed E-state index contributed by atoms with van der Waals surface area (Å²) in [6.07, 6.45) is -11.1. The van der Waals surface area contributed by atoms with Gasteiger partial charge in [-0.3, -0.25) is 37.8 Å². The number of H-pyrrole nitrogens is 2. The molecule has 6 rings (SSSR count). The van der Waals surface area contributed by atoms with Crippen molar-refractivity contribution in [3.8, 4) is 0 Å². The number of nitrogens with two attached hydrogens (primary N) is 2. The molecule has 10 N–H and O–H groups in total. The van der Waals surface area contributed by atoms with Gasteiger partial charge < -0.3 is 50.6 Å². The molecule has 4 aromatic heterocycles. The highest BCUT2D eigenvalue weighted by molar-refractivity contribution is 7.52. The molecule has 23 heteroatoms. The number of aliphatic hydroxyl groups excluding tert-OH is 3. The first kappa shape index (κ1) is 29.3. The fourth-order valence-electron chi connectivity index (χ4n) is 4.79. The first-order valence-electron chi connectivity index (χ1n) is 12.3. The smallest absolute Gasteiger partial charge is 0.354 e. The zero-order chi connectivity index (χ0) is 30.8. The fourth-order valence-corrected chi connectivity index (χ4v) is 5.79. The van der Waals surface area contributed by atoms with E-state index in [0.29, 0.717) is 0 Å². The Bertz CT molecular complexity index is 1840. The molecule has 2 aliphatic heterocycles. The molecule has 0 radical (unpaired) electrons. The Morgan fingerprint density at radius 2 is 1.42 bits per heavy atom. The van der Waals surface area contributed by atoms with E-state index in [1.807, 2.05) is 0 Å². The van der Waals surface area contributed by atoms with E-state index in [1.165, 1.54) is 11.7 Å². The topological polar surface area (TPSA) is 323 Å². The van der Waals surface area contributed by atoms with E-state index in [0.717, 1.165) is 17.2 Å². The third-order valence-corrected chi connectivity index (χ3v) is 7.78. The van der Waals surface area contributed by atoms with Crippen molar-refractivity contribution in [2.45, 2.75) is 49.5 Å². The van der Waals surface area contributed by atoms with Crippen molar-refractivity contribution in [3.05, 3.63) is 33.4 Å². The van der Waals surface area contributed by atoms with Gasteiger partial charge in [0.15, 0.2) is 53.7 Å². The van der Waals surface area contributed by atoms with Crippen LogP contribution >= 0.6 is 7.60 Å². The molecule has 232 valence electrons. The monoisotopic (exact) mass is 628 g/mol. The summed E-state index contributed by atoms with van der Waals surface area (Å²) < 4.78 is 42.2. The Hall–Kier alpha value is -3.83. The zero-order valence-corrected chi connectivity index (χ0v) is 22.7. The second kappa shape index (κ2) is 10.7. The number of ether oxygens (including phenoxy) is 4. The quantitative estimate of drug-likeness (QED) is 0.0873. The number of aliphatic hydroxyl groups is 3. The van der Waals surface area contributed by atoms with Crippen molar-refractivity contribution in [2.24, 2.45) is 0 Å². The molecule has 0 saturated carbocycles. The van der Waals surface area contributed by atoms with Gasteiger partial charge in [0.2, 0.25) is 11.9 Å². The van der Waals surface area contributed by atoms with Gasteiger partial charge in [-0.05, 0) is 0 Å². The number of anilines is 2. The number of imidazole rings is 2. The Labute approximate surface area is 237 Å². The summed E-state index contributed by atoms with van der Waals surface area (Å²) in [5, 5.41) is 32.0. The normalized spacial score (nSPS) is 30.8. The first-order valence-corrected chi connectivity index (χ1v) is 14.1. The Kier molecular flexibility index (Phi) is 7.29. The van der Waals surface area contributed by atoms with Crippen LogP contribution in [0, 0.1) is 0 Å². The Morgan fingerprint density at radius 1 is 0.907 bits per heavy atom. The molecule has 22 nitrogen and oxygen atoms in total. The standard InChI is InChI=1S/C20H25N10O12P/c1-38-18-10(9(33)16(41-18)30-3-24-6-12(30)26-20(22)28-14(6)35)42-43(36,37)4-39-17-8(32)7(31)15(40-17)29-2-23-5-11(29)25-19(21)27-13(5)34/h2-3,7-10,15-18,31-33H,4H2,1H3,(H,36,37)(H3,21,25,27,34)(H3,22,26,28,35)/t7-,8+,9-,10+,15+,16+,17-,18-/m0/s1. The van der Waals surface area contributed by atoms with Gasteiger partial charge in [-0.2, -0.15) is 9.97 Å². The van der Waals surface area contributed by atoms with Crippen LogP contribution in [0.2, 0.25) is 0 Å². The first-order chi connectivity index (χ1) is 20.4. The van der Waals surface area contributed by atoms with E-state index in [2.05, 4.69) is 29.9 Å². The number of aromatic nitrogens is 8. The van der Waals surface area contributed by atoms with Crippen LogP contribution in [0.1, 0.15) is 12.5 Å². The van der Waals surface area contributed by atoms with Gasteiger partial charge in [-0.1, -0.05) is 0 Å². The summed E-state index contributed by atoms with van der Waals surface area (Å²) in [4.78, 5) is 55.1. The molecule has 43 heavy (non-hydrogen) atoms. The molecular weight excluding hydrogens is 603 g/mol. The third kappa shape index (κ3) is 5.08. The molecule has 9 atom stereocenters. The maximum atomic E-state index is 13.0. The second-order valence-corrected chi connectivity index (χ2v) is 11.3. The number of methoxy groups -OCH3 is 1. The number of fused-ring (bicyclic) bond motifs is 2. The Morgan fingerprint density at radius 3 is 1.95 bits per heavy atom. The summed E-state index contributed by atoms with van der Waals surface area (Å²) in [5.74, 6) is -0.456. The SMILES string of the molecule is CO[C@H]1O[C@@H](n2cnc3c(=O)[nH]c(N)nc32)[C@@H](O)[C@H]1OP(=O)(O)CO[C@H]1O[C@@H](n2cnc3c(=O)[nH]c(N)nc32)[C@@H](O)[C@H]1O. The van der Waals surface area contributed by atoms with Crippen molar-refractivity contribution >= 4 is 41.8 Å². The van der Waals surface area contributed by atoms with Crippen molar-refractivity contribution < 1.29 is 48.2 Å². The number of hydrogen-bond donors (Lipinski definition) is 8. The number of rotatable bonds is 8. The van der Waals surface area contributed by atoms with E-state index in [-0.39, 0.29) is 34.2 Å². The van der Waals surface area contributed by atoms with Gasteiger partial charge in [0.1, 0.15) is 24.4 Å². The van der Waals surface area contributed by atoms with Crippen LogP contribution in [0.15, 0.2) is 22.2 Å². The maximum Gasteiger partial charge on any atom is 0.354 e. The molecule has 0 bridgehead atoms. The van der Waals surface area contributed by atoms with E-state index in [9.17, 15) is 34.4 Å². The van der Waals surface area contributed by atoms with E-state index < -0.39 is 74.5 Å². The number of nitrogen functional groups attached to an aromatic ring is 2. The number of nitrogens with one attached hydrogen (secondary N) is 2. The predicted molar refractivity (Wildman–Crippen MR) is 139 cm³/mol. The number of hydrogen-bond acceptors (Lipinski definition) is 17. The van der Waals surface area contributed by atoms with Gasteiger partial charge in [-0.15, -0.1) is 0 Å². The summed E-state index contributed by atoms with van der Waals surface area (Å²) in [6, 6.07) is 0. The fraction of sp³-hybridized carbons (Fsp3) is 0.500. The average molecular weight is 628 g/mol. The Balaban J connectivity index is 1.15. The lowest BCUT2D eigenvalue weighted by Crippen LogP contribution is -2.36. The largest absolute Gasteiger partial charge is 0.385 e. The maximum absolute atomic E-state index is 13.0. The molecule has 0 aromatic carbocycles. The molecule has 0 amide bonds. The van der Waals surface area contributed by atoms with Crippen molar-refractivity contribution in [2.75, 3.05) is 24.9 Å². The van der Waals surface area contributed by atoms with Crippen molar-refractivity contribution in [1.29, 1.82) is 0 Å². The minimum absolute atomic E-state index is 0.0371.